The van der Waals surface area contributed by atoms with Crippen LogP contribution in [0.3, 0.4) is 0 Å². The van der Waals surface area contributed by atoms with Crippen molar-refractivity contribution in [3.8, 4) is 0 Å². The van der Waals surface area contributed by atoms with Crippen molar-refractivity contribution >= 4 is 39.2 Å². The molecule has 0 radical (unpaired) electrons. The van der Waals surface area contributed by atoms with Gasteiger partial charge in [-0.3, -0.25) is 14.9 Å². The second-order valence-electron chi connectivity index (χ2n) is 3.24. The monoisotopic (exact) mass is 321 g/mol. The molecule has 92 valence electrons. The van der Waals surface area contributed by atoms with Gasteiger partial charge in [0.25, 0.3) is 5.69 Å². The molecule has 0 fully saturated rings. The van der Waals surface area contributed by atoms with Crippen LogP contribution in [0.25, 0.3) is 0 Å². The average Bonchev–Trinajstić information content (AvgIpc) is 2.30. The topological polar surface area (TPSA) is 69.4 Å². The number of nitrogens with zero attached hydrogens (tertiary/aromatic N) is 1. The standard InChI is InChI=1S/C10H9BrClNO4/c1-17-10(14)7(11)4-6-2-3-8(12)9(5-6)13(15)16/h2-3,5,7H,4H2,1H3. The summed E-state index contributed by atoms with van der Waals surface area (Å²) >= 11 is 8.82. The number of methoxy groups -OCH3 is 1. The molecule has 1 aromatic rings. The molecule has 0 spiro atoms. The Morgan fingerprint density at radius 2 is 2.29 bits per heavy atom. The van der Waals surface area contributed by atoms with E-state index in [9.17, 15) is 14.9 Å². The summed E-state index contributed by atoms with van der Waals surface area (Å²) in [7, 11) is 1.28. The first-order chi connectivity index (χ1) is 7.95. The highest BCUT2D eigenvalue weighted by molar-refractivity contribution is 9.10. The van der Waals surface area contributed by atoms with Crippen LogP contribution >= 0.6 is 27.5 Å². The van der Waals surface area contributed by atoms with Crippen molar-refractivity contribution in [1.82, 2.24) is 0 Å². The number of nitro groups is 1. The van der Waals surface area contributed by atoms with Crippen LogP contribution in [-0.2, 0) is 16.0 Å². The van der Waals surface area contributed by atoms with E-state index in [1.165, 1.54) is 19.2 Å². The van der Waals surface area contributed by atoms with Gasteiger partial charge in [-0.25, -0.2) is 0 Å². The Morgan fingerprint density at radius 1 is 1.65 bits per heavy atom. The summed E-state index contributed by atoms with van der Waals surface area (Å²) < 4.78 is 4.54. The molecule has 0 aliphatic carbocycles. The molecule has 1 unspecified atom stereocenters. The van der Waals surface area contributed by atoms with E-state index < -0.39 is 15.7 Å². The summed E-state index contributed by atoms with van der Waals surface area (Å²) in [5.41, 5.74) is 0.460. The van der Waals surface area contributed by atoms with Gasteiger partial charge in [0.05, 0.1) is 12.0 Å². The first-order valence-electron chi connectivity index (χ1n) is 4.60. The molecule has 5 nitrogen and oxygen atoms in total. The fourth-order valence-electron chi connectivity index (χ4n) is 1.24. The predicted octanol–water partition coefficient (Wildman–Crippen LogP) is 2.73. The highest BCUT2D eigenvalue weighted by Crippen LogP contribution is 2.26. The molecule has 0 heterocycles. The summed E-state index contributed by atoms with van der Waals surface area (Å²) in [4.78, 5) is 20.7. The van der Waals surface area contributed by atoms with E-state index >= 15 is 0 Å². The molecular formula is C10H9BrClNO4. The van der Waals surface area contributed by atoms with Gasteiger partial charge >= 0.3 is 5.97 Å². The van der Waals surface area contributed by atoms with Gasteiger partial charge in [0.1, 0.15) is 9.85 Å². The molecule has 17 heavy (non-hydrogen) atoms. The molecule has 0 aromatic heterocycles. The minimum Gasteiger partial charge on any atom is -0.468 e. The molecule has 0 bridgehead atoms. The lowest BCUT2D eigenvalue weighted by Crippen LogP contribution is -2.18. The molecule has 1 atom stereocenters. The Hall–Kier alpha value is -1.14. The van der Waals surface area contributed by atoms with Crippen LogP contribution < -0.4 is 0 Å². The van der Waals surface area contributed by atoms with E-state index in [0.29, 0.717) is 12.0 Å². The van der Waals surface area contributed by atoms with Crippen molar-refractivity contribution in [3.05, 3.63) is 38.9 Å². The van der Waals surface area contributed by atoms with Crippen molar-refractivity contribution in [1.29, 1.82) is 0 Å². The number of esters is 1. The number of carbonyl (C=O) groups is 1. The number of carbonyl (C=O) groups excluding carboxylic acids is 1. The van der Waals surface area contributed by atoms with Crippen LogP contribution in [0.1, 0.15) is 5.56 Å². The van der Waals surface area contributed by atoms with Crippen molar-refractivity contribution in [3.63, 3.8) is 0 Å². The first kappa shape index (κ1) is 13.9. The van der Waals surface area contributed by atoms with Crippen molar-refractivity contribution in [2.75, 3.05) is 7.11 Å². The molecule has 0 aliphatic rings. The Bertz CT molecular complexity index is 452. The van der Waals surface area contributed by atoms with E-state index in [0.717, 1.165) is 0 Å². The third-order valence-electron chi connectivity index (χ3n) is 2.08. The summed E-state index contributed by atoms with van der Waals surface area (Å²) in [6.07, 6.45) is 0.296. The fourth-order valence-corrected chi connectivity index (χ4v) is 1.99. The quantitative estimate of drug-likeness (QED) is 0.370. The minimum atomic E-state index is -0.562. The number of alkyl halides is 1. The van der Waals surface area contributed by atoms with E-state index in [1.807, 2.05) is 0 Å². The maximum atomic E-state index is 11.2. The number of nitro benzene ring substituents is 1. The Morgan fingerprint density at radius 3 is 2.82 bits per heavy atom. The zero-order chi connectivity index (χ0) is 13.0. The van der Waals surface area contributed by atoms with E-state index in [2.05, 4.69) is 20.7 Å². The second-order valence-corrected chi connectivity index (χ2v) is 4.75. The zero-order valence-corrected chi connectivity index (χ0v) is 11.2. The number of halogens is 2. The van der Waals surface area contributed by atoms with Crippen molar-refractivity contribution in [2.24, 2.45) is 0 Å². The van der Waals surface area contributed by atoms with Gasteiger partial charge in [0.15, 0.2) is 0 Å². The molecule has 0 saturated heterocycles. The lowest BCUT2D eigenvalue weighted by atomic mass is 10.1. The average molecular weight is 323 g/mol. The third kappa shape index (κ3) is 3.67. The largest absolute Gasteiger partial charge is 0.468 e. The molecular weight excluding hydrogens is 313 g/mol. The first-order valence-corrected chi connectivity index (χ1v) is 5.89. The summed E-state index contributed by atoms with van der Waals surface area (Å²) in [5.74, 6) is -0.428. The second kappa shape index (κ2) is 5.97. The molecule has 0 saturated carbocycles. The van der Waals surface area contributed by atoms with Crippen molar-refractivity contribution < 1.29 is 14.5 Å². The maximum absolute atomic E-state index is 11.2. The lowest BCUT2D eigenvalue weighted by molar-refractivity contribution is -0.384. The number of hydrogen-bond acceptors (Lipinski definition) is 4. The highest BCUT2D eigenvalue weighted by Gasteiger charge is 2.18. The van der Waals surface area contributed by atoms with E-state index in [4.69, 9.17) is 11.6 Å². The van der Waals surface area contributed by atoms with Gasteiger partial charge in [-0.15, -0.1) is 0 Å². The maximum Gasteiger partial charge on any atom is 0.319 e. The minimum absolute atomic E-state index is 0.0722. The predicted molar refractivity (Wildman–Crippen MR) is 66.5 cm³/mol. The molecule has 1 rings (SSSR count). The van der Waals surface area contributed by atoms with Crippen LogP contribution in [0.2, 0.25) is 5.02 Å². The Balaban J connectivity index is 2.90. The number of benzene rings is 1. The van der Waals surface area contributed by atoms with Crippen LogP contribution in [-0.4, -0.2) is 22.8 Å². The zero-order valence-electron chi connectivity index (χ0n) is 8.85. The Labute approximate surface area is 111 Å². The summed E-state index contributed by atoms with van der Waals surface area (Å²) in [5, 5.41) is 10.7. The number of rotatable bonds is 4. The smallest absolute Gasteiger partial charge is 0.319 e. The van der Waals surface area contributed by atoms with Gasteiger partial charge in [0.2, 0.25) is 0 Å². The van der Waals surface area contributed by atoms with E-state index in [-0.39, 0.29) is 10.7 Å². The van der Waals surface area contributed by atoms with Gasteiger partial charge in [-0.05, 0) is 18.1 Å². The van der Waals surface area contributed by atoms with Crippen LogP contribution in [0, 0.1) is 10.1 Å². The van der Waals surface area contributed by atoms with Crippen LogP contribution in [0.5, 0.6) is 0 Å². The van der Waals surface area contributed by atoms with Crippen molar-refractivity contribution in [2.45, 2.75) is 11.2 Å². The van der Waals surface area contributed by atoms with E-state index in [1.54, 1.807) is 6.07 Å². The van der Waals surface area contributed by atoms with Crippen LogP contribution in [0.4, 0.5) is 5.69 Å². The molecule has 0 amide bonds. The lowest BCUT2D eigenvalue weighted by Gasteiger charge is -2.07. The fraction of sp³-hybridized carbons (Fsp3) is 0.300. The van der Waals surface area contributed by atoms with Gasteiger partial charge < -0.3 is 4.74 Å². The summed E-state index contributed by atoms with van der Waals surface area (Å²) in [6.45, 7) is 0. The molecule has 1 aromatic carbocycles. The SMILES string of the molecule is COC(=O)C(Br)Cc1ccc(Cl)c([N+](=O)[O-])c1. The van der Waals surface area contributed by atoms with Gasteiger partial charge in [0, 0.05) is 6.07 Å². The normalized spacial score (nSPS) is 11.9. The number of ether oxygens (including phenoxy) is 1. The van der Waals surface area contributed by atoms with Gasteiger partial charge in [-0.2, -0.15) is 0 Å². The highest BCUT2D eigenvalue weighted by atomic mass is 79.9. The number of hydrogen-bond donors (Lipinski definition) is 0. The Kier molecular flexibility index (Phi) is 4.89. The van der Waals surface area contributed by atoms with Crippen LogP contribution in [0.15, 0.2) is 18.2 Å². The molecule has 7 heteroatoms. The third-order valence-corrected chi connectivity index (χ3v) is 3.10. The summed E-state index contributed by atoms with van der Waals surface area (Å²) in [6, 6.07) is 4.41. The molecule has 0 N–H and O–H groups in total. The van der Waals surface area contributed by atoms with Gasteiger partial charge in [-0.1, -0.05) is 33.6 Å². The molecule has 0 aliphatic heterocycles.